The number of nitrogens with zero attached hydrogens (tertiary/aromatic N) is 4. The van der Waals surface area contributed by atoms with Gasteiger partial charge in [0.15, 0.2) is 0 Å². The average molecular weight is 771 g/mol. The molecule has 0 radical (unpaired) electrons. The maximum absolute atomic E-state index is 12.8. The molecule has 0 saturated carbocycles. The molecular weight excluding hydrogens is 712 g/mol. The molecule has 2 N–H and O–H groups in total. The summed E-state index contributed by atoms with van der Waals surface area (Å²) in [5.41, 5.74) is 9.05. The van der Waals surface area contributed by atoms with Gasteiger partial charge >= 0.3 is 5.97 Å². The number of carbonyl (C=O) groups is 1. The Labute approximate surface area is 332 Å². The van der Waals surface area contributed by atoms with Crippen LogP contribution in [0.2, 0.25) is 5.02 Å². The van der Waals surface area contributed by atoms with Gasteiger partial charge in [-0.1, -0.05) is 69.2 Å². The molecule has 1 fully saturated rings. The van der Waals surface area contributed by atoms with E-state index in [4.69, 9.17) is 26.1 Å². The van der Waals surface area contributed by atoms with Crippen LogP contribution in [0.4, 0.5) is 17.1 Å². The maximum Gasteiger partial charge on any atom is 0.337 e. The molecule has 296 valence electrons. The second kappa shape index (κ2) is 18.4. The highest BCUT2D eigenvalue weighted by molar-refractivity contribution is 6.30. The number of piperazine rings is 1. The normalized spacial score (nSPS) is 19.7. The number of aliphatic hydroxyl groups is 1. The number of hydrogen-bond donors (Lipinski definition) is 2. The van der Waals surface area contributed by atoms with Gasteiger partial charge in [-0.3, -0.25) is 4.90 Å². The Bertz CT molecular complexity index is 1860. The van der Waals surface area contributed by atoms with Crippen LogP contribution in [0.15, 0.2) is 60.2 Å². The Morgan fingerprint density at radius 3 is 2.65 bits per heavy atom. The molecule has 2 aliphatic heterocycles. The molecule has 3 aromatic rings. The van der Waals surface area contributed by atoms with Gasteiger partial charge in [0, 0.05) is 56.6 Å². The number of aromatic nitrogens is 1. The number of hydrogen-bond acceptors (Lipinski definition) is 8. The number of fused-ring (bicyclic) bond motifs is 1. The van der Waals surface area contributed by atoms with Crippen LogP contribution < -0.4 is 14.5 Å². The van der Waals surface area contributed by atoms with Crippen LogP contribution in [0.25, 0.3) is 11.6 Å². The zero-order valence-corrected chi connectivity index (χ0v) is 34.1. The predicted octanol–water partition coefficient (Wildman–Crippen LogP) is 9.45. The van der Waals surface area contributed by atoms with E-state index in [9.17, 15) is 15.0 Å². The van der Waals surface area contributed by atoms with Crippen LogP contribution >= 0.6 is 11.6 Å². The van der Waals surface area contributed by atoms with Crippen molar-refractivity contribution in [2.75, 3.05) is 69.0 Å². The maximum atomic E-state index is 12.8. The van der Waals surface area contributed by atoms with Crippen molar-refractivity contribution in [2.45, 2.75) is 85.1 Å². The van der Waals surface area contributed by atoms with Crippen molar-refractivity contribution in [3.8, 4) is 5.88 Å². The molecule has 2 unspecified atom stereocenters. The molecule has 9 nitrogen and oxygen atoms in total. The highest BCUT2D eigenvalue weighted by Gasteiger charge is 2.34. The SMILES string of the molecule is C/C=C\c1cc2c(nc1C(C)CC)OCCCN2c1cc(N2CCN(CC3=C(c4ccc(Cl)cc4)CC(C)(C)CC3)C(COCCCO)C2)ccc1C(=O)O. The van der Waals surface area contributed by atoms with Crippen molar-refractivity contribution in [3.05, 3.63) is 87.6 Å². The third-order valence-electron chi connectivity index (χ3n) is 11.5. The van der Waals surface area contributed by atoms with Gasteiger partial charge in [0.2, 0.25) is 5.88 Å². The molecule has 0 amide bonds. The van der Waals surface area contributed by atoms with Gasteiger partial charge in [-0.15, -0.1) is 0 Å². The quantitative estimate of drug-likeness (QED) is 0.155. The number of ether oxygens (including phenoxy) is 2. The highest BCUT2D eigenvalue weighted by atomic mass is 35.5. The second-order valence-electron chi connectivity index (χ2n) is 16.1. The monoisotopic (exact) mass is 770 g/mol. The fraction of sp³-hybridized carbons (Fsp3) is 0.511. The van der Waals surface area contributed by atoms with Crippen LogP contribution in [0.1, 0.15) is 106 Å². The number of pyridine rings is 1. The van der Waals surface area contributed by atoms with Crippen molar-refractivity contribution in [2.24, 2.45) is 5.41 Å². The van der Waals surface area contributed by atoms with Crippen LogP contribution in [-0.4, -0.2) is 91.3 Å². The number of aliphatic hydroxyl groups excluding tert-OH is 1. The number of anilines is 3. The smallest absolute Gasteiger partial charge is 0.337 e. The first-order valence-electron chi connectivity index (χ1n) is 20.1. The summed E-state index contributed by atoms with van der Waals surface area (Å²) in [5, 5.41) is 20.7. The minimum atomic E-state index is -0.966. The number of allylic oxidation sites excluding steroid dienone is 2. The van der Waals surface area contributed by atoms with Crippen molar-refractivity contribution in [3.63, 3.8) is 0 Å². The van der Waals surface area contributed by atoms with Crippen molar-refractivity contribution in [1.29, 1.82) is 0 Å². The number of aromatic carboxylic acids is 1. The van der Waals surface area contributed by atoms with E-state index in [-0.39, 0.29) is 29.5 Å². The largest absolute Gasteiger partial charge is 0.478 e. The summed E-state index contributed by atoms with van der Waals surface area (Å²) in [6.45, 7) is 16.5. The van der Waals surface area contributed by atoms with Gasteiger partial charge in [-0.2, -0.15) is 0 Å². The zero-order chi connectivity index (χ0) is 39.1. The molecule has 6 rings (SSSR count). The molecule has 0 spiro atoms. The van der Waals surface area contributed by atoms with Crippen LogP contribution in [-0.2, 0) is 4.74 Å². The Balaban J connectivity index is 1.33. The number of carboxylic acids is 1. The van der Waals surface area contributed by atoms with Crippen molar-refractivity contribution in [1.82, 2.24) is 9.88 Å². The van der Waals surface area contributed by atoms with Crippen molar-refractivity contribution < 1.29 is 24.5 Å². The number of halogens is 1. The summed E-state index contributed by atoms with van der Waals surface area (Å²) in [5.74, 6) is -0.166. The fourth-order valence-electron chi connectivity index (χ4n) is 8.19. The minimum absolute atomic E-state index is 0.0989. The van der Waals surface area contributed by atoms with E-state index >= 15 is 0 Å². The third-order valence-corrected chi connectivity index (χ3v) is 11.8. The molecule has 3 heterocycles. The van der Waals surface area contributed by atoms with E-state index < -0.39 is 5.97 Å². The molecule has 0 bridgehead atoms. The van der Waals surface area contributed by atoms with Crippen LogP contribution in [0.5, 0.6) is 5.88 Å². The van der Waals surface area contributed by atoms with E-state index in [1.54, 1.807) is 6.07 Å². The van der Waals surface area contributed by atoms with Gasteiger partial charge in [-0.05, 0) is 110 Å². The van der Waals surface area contributed by atoms with E-state index in [0.717, 1.165) is 85.9 Å². The highest BCUT2D eigenvalue weighted by Crippen LogP contribution is 2.44. The molecule has 3 aliphatic rings. The van der Waals surface area contributed by atoms with Gasteiger partial charge in [0.1, 0.15) is 5.69 Å². The Hall–Kier alpha value is -3.89. The van der Waals surface area contributed by atoms with E-state index in [1.807, 2.05) is 37.3 Å². The number of benzene rings is 2. The molecule has 1 aromatic heterocycles. The molecule has 2 atom stereocenters. The van der Waals surface area contributed by atoms with Gasteiger partial charge in [0.25, 0.3) is 0 Å². The Morgan fingerprint density at radius 2 is 1.93 bits per heavy atom. The number of carboxylic acid groups (broad SMARTS) is 1. The van der Waals surface area contributed by atoms with Gasteiger partial charge < -0.3 is 29.5 Å². The number of rotatable bonds is 14. The average Bonchev–Trinajstić information content (AvgIpc) is 3.39. The zero-order valence-electron chi connectivity index (χ0n) is 33.3. The van der Waals surface area contributed by atoms with Gasteiger partial charge in [-0.25, -0.2) is 9.78 Å². The lowest BCUT2D eigenvalue weighted by Crippen LogP contribution is -2.55. The van der Waals surface area contributed by atoms with E-state index in [2.05, 4.69) is 66.7 Å². The predicted molar refractivity (Wildman–Crippen MR) is 224 cm³/mol. The Morgan fingerprint density at radius 1 is 1.13 bits per heavy atom. The summed E-state index contributed by atoms with van der Waals surface area (Å²) < 4.78 is 12.4. The fourth-order valence-corrected chi connectivity index (χ4v) is 8.31. The standard InChI is InChI=1S/C45H59ClN4O5/c1-6-10-33-25-41-43(47-42(33)31(3)7-2)55-24-8-19-50(41)40-26-36(15-16-38(40)44(52)53)49-21-20-48(37(29-49)30-54-23-9-22-51)28-34-17-18-45(4,5)27-39(34)32-11-13-35(46)14-12-32/h6,10-16,25-26,31,37,51H,7-9,17-24,27-30H2,1-5H3,(H,52,53)/b10-6-. The first-order chi connectivity index (χ1) is 26.5. The first kappa shape index (κ1) is 40.8. The minimum Gasteiger partial charge on any atom is -0.478 e. The molecular formula is C45H59ClN4O5. The van der Waals surface area contributed by atoms with Crippen molar-refractivity contribution >= 4 is 46.3 Å². The topological polar surface area (TPSA) is 98.6 Å². The Kier molecular flexibility index (Phi) is 13.6. The second-order valence-corrected chi connectivity index (χ2v) is 16.5. The summed E-state index contributed by atoms with van der Waals surface area (Å²) in [6.07, 6.45) is 9.60. The van der Waals surface area contributed by atoms with Crippen LogP contribution in [0.3, 0.4) is 0 Å². The lowest BCUT2D eigenvalue weighted by atomic mass is 9.72. The summed E-state index contributed by atoms with van der Waals surface area (Å²) in [4.78, 5) is 24.9. The first-order valence-corrected chi connectivity index (χ1v) is 20.5. The molecule has 1 aliphatic carbocycles. The van der Waals surface area contributed by atoms with E-state index in [1.165, 1.54) is 16.7 Å². The van der Waals surface area contributed by atoms with E-state index in [0.29, 0.717) is 44.4 Å². The molecule has 2 aromatic carbocycles. The summed E-state index contributed by atoms with van der Waals surface area (Å²) in [7, 11) is 0. The summed E-state index contributed by atoms with van der Waals surface area (Å²) >= 11 is 6.30. The summed E-state index contributed by atoms with van der Waals surface area (Å²) in [6, 6.07) is 16.2. The molecule has 1 saturated heterocycles. The molecule has 55 heavy (non-hydrogen) atoms. The molecule has 10 heteroatoms. The van der Waals surface area contributed by atoms with Crippen LogP contribution in [0, 0.1) is 5.41 Å². The lowest BCUT2D eigenvalue weighted by molar-refractivity contribution is 0.0502. The van der Waals surface area contributed by atoms with Gasteiger partial charge in [0.05, 0.1) is 36.2 Å². The lowest BCUT2D eigenvalue weighted by Gasteiger charge is -2.44. The third kappa shape index (κ3) is 9.74.